The van der Waals surface area contributed by atoms with Crippen LogP contribution in [0.4, 0.5) is 5.69 Å². The fraction of sp³-hybridized carbons (Fsp3) is 0.125. The molecule has 1 N–H and O–H groups in total. The maximum Gasteiger partial charge on any atom is 0.265 e. The van der Waals surface area contributed by atoms with Crippen LogP contribution in [0.1, 0.15) is 5.69 Å². The van der Waals surface area contributed by atoms with Crippen LogP contribution in [0.2, 0.25) is 5.15 Å². The molecule has 0 atom stereocenters. The van der Waals surface area contributed by atoms with Crippen LogP contribution in [0.15, 0.2) is 40.9 Å². The van der Waals surface area contributed by atoms with Crippen molar-refractivity contribution in [2.45, 2.75) is 0 Å². The number of fused-ring (bicyclic) bond motifs is 2. The minimum absolute atomic E-state index is 0.102. The molecule has 1 aromatic carbocycles. The number of halogens is 1. The van der Waals surface area contributed by atoms with Gasteiger partial charge in [-0.25, -0.2) is 10.4 Å². The van der Waals surface area contributed by atoms with Gasteiger partial charge in [0.2, 0.25) is 0 Å². The van der Waals surface area contributed by atoms with Crippen molar-refractivity contribution in [3.8, 4) is 5.75 Å². The third-order valence-electron chi connectivity index (χ3n) is 3.74. The van der Waals surface area contributed by atoms with E-state index in [1.54, 1.807) is 28.7 Å². The Hall–Kier alpha value is -2.91. The summed E-state index contributed by atoms with van der Waals surface area (Å²) in [6.07, 6.45) is 3.23. The van der Waals surface area contributed by atoms with Crippen molar-refractivity contribution in [2.24, 2.45) is 5.10 Å². The van der Waals surface area contributed by atoms with Crippen molar-refractivity contribution in [1.82, 2.24) is 14.8 Å². The molecule has 1 aliphatic heterocycles. The molecule has 26 heavy (non-hydrogen) atoms. The fourth-order valence-corrected chi connectivity index (χ4v) is 3.56. The number of carbonyl (C=O) groups excluding carboxylic acids is 2. The highest BCUT2D eigenvalue weighted by Crippen LogP contribution is 2.31. The van der Waals surface area contributed by atoms with E-state index < -0.39 is 5.91 Å². The summed E-state index contributed by atoms with van der Waals surface area (Å²) in [5.41, 5.74) is 3.53. The molecule has 4 rings (SSSR count). The van der Waals surface area contributed by atoms with E-state index in [4.69, 9.17) is 16.3 Å². The van der Waals surface area contributed by atoms with E-state index in [2.05, 4.69) is 15.5 Å². The molecular weight excluding hydrogens is 378 g/mol. The second kappa shape index (κ2) is 6.77. The molecule has 10 heteroatoms. The van der Waals surface area contributed by atoms with Crippen LogP contribution in [0, 0.1) is 0 Å². The molecular formula is C16H12ClN5O3S. The van der Waals surface area contributed by atoms with Gasteiger partial charge < -0.3 is 4.74 Å². The maximum atomic E-state index is 12.2. The standard InChI is InChI=1S/C16H12ClN5O3S/c17-15-11(21-5-6-26-16(21)19-15)7-18-20-13(23)8-22-10-3-1-2-4-12(10)25-9-14(22)24/h1-7H,8-9H2,(H,20,23)/b18-7-. The third-order valence-corrected chi connectivity index (χ3v) is 4.77. The zero-order valence-corrected chi connectivity index (χ0v) is 14.8. The molecule has 0 saturated carbocycles. The van der Waals surface area contributed by atoms with Crippen LogP contribution < -0.4 is 15.1 Å². The van der Waals surface area contributed by atoms with Gasteiger partial charge in [-0.05, 0) is 12.1 Å². The molecule has 3 aromatic rings. The number of amides is 2. The highest BCUT2D eigenvalue weighted by molar-refractivity contribution is 7.15. The Bertz CT molecular complexity index is 1030. The number of nitrogens with zero attached hydrogens (tertiary/aromatic N) is 4. The Kier molecular flexibility index (Phi) is 4.31. The number of carbonyl (C=O) groups is 2. The molecule has 132 valence electrons. The van der Waals surface area contributed by atoms with Gasteiger partial charge in [0.1, 0.15) is 18.0 Å². The van der Waals surface area contributed by atoms with Crippen molar-refractivity contribution in [1.29, 1.82) is 0 Å². The zero-order chi connectivity index (χ0) is 18.1. The van der Waals surface area contributed by atoms with Gasteiger partial charge in [-0.1, -0.05) is 23.7 Å². The lowest BCUT2D eigenvalue weighted by Crippen LogP contribution is -2.44. The van der Waals surface area contributed by atoms with Crippen LogP contribution in [-0.4, -0.2) is 40.6 Å². The first-order chi connectivity index (χ1) is 12.6. The molecule has 2 amide bonds. The minimum Gasteiger partial charge on any atom is -0.482 e. The minimum atomic E-state index is -0.437. The molecule has 0 spiro atoms. The number of aromatic nitrogens is 2. The van der Waals surface area contributed by atoms with Gasteiger partial charge in [0.05, 0.1) is 11.9 Å². The molecule has 0 aliphatic carbocycles. The Morgan fingerprint density at radius 3 is 3.19 bits per heavy atom. The fourth-order valence-electron chi connectivity index (χ4n) is 2.56. The predicted octanol–water partition coefficient (Wildman–Crippen LogP) is 1.92. The summed E-state index contributed by atoms with van der Waals surface area (Å²) in [6, 6.07) is 7.05. The first-order valence-corrected chi connectivity index (χ1v) is 8.84. The van der Waals surface area contributed by atoms with E-state index in [-0.39, 0.29) is 19.1 Å². The number of thiazole rings is 1. The molecule has 8 nitrogen and oxygen atoms in total. The number of hydrogen-bond donors (Lipinski definition) is 1. The number of para-hydroxylation sites is 2. The van der Waals surface area contributed by atoms with E-state index in [1.165, 1.54) is 22.5 Å². The van der Waals surface area contributed by atoms with E-state index in [0.29, 0.717) is 22.3 Å². The predicted molar refractivity (Wildman–Crippen MR) is 98.1 cm³/mol. The van der Waals surface area contributed by atoms with Crippen molar-refractivity contribution in [3.05, 3.63) is 46.7 Å². The lowest BCUT2D eigenvalue weighted by molar-refractivity contribution is -0.125. The number of benzene rings is 1. The average molecular weight is 390 g/mol. The van der Waals surface area contributed by atoms with E-state index in [0.717, 1.165) is 4.96 Å². The van der Waals surface area contributed by atoms with Gasteiger partial charge in [-0.2, -0.15) is 5.10 Å². The number of hydrazone groups is 1. The van der Waals surface area contributed by atoms with Crippen LogP contribution >= 0.6 is 22.9 Å². The maximum absolute atomic E-state index is 12.2. The van der Waals surface area contributed by atoms with Crippen molar-refractivity contribution in [3.63, 3.8) is 0 Å². The number of rotatable bonds is 4. The first kappa shape index (κ1) is 16.6. The summed E-state index contributed by atoms with van der Waals surface area (Å²) < 4.78 is 7.12. The Morgan fingerprint density at radius 2 is 2.31 bits per heavy atom. The number of hydrogen-bond acceptors (Lipinski definition) is 6. The summed E-state index contributed by atoms with van der Waals surface area (Å²) >= 11 is 7.50. The Morgan fingerprint density at radius 1 is 1.46 bits per heavy atom. The SMILES string of the molecule is O=C(CN1C(=O)COc2ccccc21)N/N=C\c1c(Cl)nc2sccn12. The Balaban J connectivity index is 1.45. The number of anilines is 1. The highest BCUT2D eigenvalue weighted by atomic mass is 35.5. The van der Waals surface area contributed by atoms with Crippen LogP contribution in [0.25, 0.3) is 4.96 Å². The van der Waals surface area contributed by atoms with Gasteiger partial charge in [-0.3, -0.25) is 18.9 Å². The van der Waals surface area contributed by atoms with Gasteiger partial charge in [0.15, 0.2) is 16.7 Å². The van der Waals surface area contributed by atoms with E-state index >= 15 is 0 Å². The lowest BCUT2D eigenvalue weighted by Gasteiger charge is -2.28. The molecule has 0 bridgehead atoms. The van der Waals surface area contributed by atoms with Gasteiger partial charge in [0.25, 0.3) is 11.8 Å². The third kappa shape index (κ3) is 3.02. The zero-order valence-electron chi connectivity index (χ0n) is 13.3. The van der Waals surface area contributed by atoms with Gasteiger partial charge in [0, 0.05) is 11.6 Å². The van der Waals surface area contributed by atoms with Crippen molar-refractivity contribution in [2.75, 3.05) is 18.1 Å². The summed E-state index contributed by atoms with van der Waals surface area (Å²) in [7, 11) is 0. The smallest absolute Gasteiger partial charge is 0.265 e. The molecule has 1 aliphatic rings. The molecule has 0 radical (unpaired) electrons. The number of ether oxygens (including phenoxy) is 1. The van der Waals surface area contributed by atoms with Crippen molar-refractivity contribution < 1.29 is 14.3 Å². The number of imidazole rings is 1. The average Bonchev–Trinajstić information content (AvgIpc) is 3.19. The largest absolute Gasteiger partial charge is 0.482 e. The molecule has 3 heterocycles. The van der Waals surface area contributed by atoms with Gasteiger partial charge >= 0.3 is 0 Å². The van der Waals surface area contributed by atoms with E-state index in [1.807, 2.05) is 11.6 Å². The van der Waals surface area contributed by atoms with Crippen molar-refractivity contribution >= 4 is 51.6 Å². The van der Waals surface area contributed by atoms with E-state index in [9.17, 15) is 9.59 Å². The highest BCUT2D eigenvalue weighted by Gasteiger charge is 2.26. The second-order valence-electron chi connectivity index (χ2n) is 5.37. The molecule has 0 fully saturated rings. The summed E-state index contributed by atoms with van der Waals surface area (Å²) in [5.74, 6) is -0.163. The number of nitrogens with one attached hydrogen (secondary N) is 1. The molecule has 0 unspecified atom stereocenters. The summed E-state index contributed by atoms with van der Waals surface area (Å²) in [5, 5.41) is 6.09. The quantitative estimate of drug-likeness (QED) is 0.545. The van der Waals surface area contributed by atoms with Crippen LogP contribution in [-0.2, 0) is 9.59 Å². The second-order valence-corrected chi connectivity index (χ2v) is 6.60. The summed E-state index contributed by atoms with van der Waals surface area (Å²) in [6.45, 7) is -0.264. The summed E-state index contributed by atoms with van der Waals surface area (Å²) in [4.78, 5) is 30.5. The first-order valence-electron chi connectivity index (χ1n) is 7.58. The lowest BCUT2D eigenvalue weighted by atomic mass is 10.2. The molecule has 0 saturated heterocycles. The van der Waals surface area contributed by atoms with Crippen LogP contribution in [0.3, 0.4) is 0 Å². The Labute approximate surface area is 156 Å². The van der Waals surface area contributed by atoms with Crippen LogP contribution in [0.5, 0.6) is 5.75 Å². The molecule has 2 aromatic heterocycles. The monoisotopic (exact) mass is 389 g/mol. The normalized spacial score (nSPS) is 13.9. The topological polar surface area (TPSA) is 88.3 Å². The van der Waals surface area contributed by atoms with Gasteiger partial charge in [-0.15, -0.1) is 11.3 Å².